The van der Waals surface area contributed by atoms with E-state index in [4.69, 9.17) is 4.74 Å². The third-order valence-electron chi connectivity index (χ3n) is 3.58. The molecular weight excluding hydrogens is 365 g/mol. The van der Waals surface area contributed by atoms with Gasteiger partial charge in [-0.15, -0.1) is 13.2 Å². The lowest BCUT2D eigenvalue weighted by Crippen LogP contribution is -2.31. The van der Waals surface area contributed by atoms with Crippen LogP contribution in [0.25, 0.3) is 11.0 Å². The predicted octanol–water partition coefficient (Wildman–Crippen LogP) is 3.79. The highest BCUT2D eigenvalue weighted by Gasteiger charge is 2.31. The average molecular weight is 382 g/mol. The lowest BCUT2D eigenvalue weighted by molar-refractivity contribution is -0.274. The summed E-state index contributed by atoms with van der Waals surface area (Å²) in [4.78, 5) is 14.8. The lowest BCUT2D eigenvalue weighted by atomic mass is 10.1. The van der Waals surface area contributed by atoms with Crippen molar-refractivity contribution in [2.75, 3.05) is 0 Å². The number of rotatable bonds is 5. The van der Waals surface area contributed by atoms with Gasteiger partial charge in [-0.3, -0.25) is 4.57 Å². The highest BCUT2D eigenvalue weighted by molar-refractivity contribution is 5.77. The number of aromatic nitrogens is 2. The summed E-state index contributed by atoms with van der Waals surface area (Å²) in [6.07, 6.45) is -4.75. The Morgan fingerprint density at radius 2 is 1.63 bits per heavy atom. The highest BCUT2D eigenvalue weighted by Crippen LogP contribution is 2.28. The van der Waals surface area contributed by atoms with E-state index in [1.165, 1.54) is 16.7 Å². The molecule has 2 N–H and O–H groups in total. The molecule has 0 saturated heterocycles. The van der Waals surface area contributed by atoms with Gasteiger partial charge < -0.3 is 19.6 Å². The van der Waals surface area contributed by atoms with Crippen LogP contribution in [0, 0.1) is 0 Å². The van der Waals surface area contributed by atoms with Gasteiger partial charge in [-0.2, -0.15) is 0 Å². The molecule has 0 unspecified atom stereocenters. The molecule has 1 heterocycles. The summed E-state index contributed by atoms with van der Waals surface area (Å²) in [5, 5.41) is 9.94. The zero-order valence-corrected chi connectivity index (χ0v) is 14.5. The molecule has 0 fully saturated rings. The monoisotopic (exact) mass is 382 g/mol. The Kier molecular flexibility index (Phi) is 4.64. The molecule has 3 aromatic rings. The highest BCUT2D eigenvalue weighted by atomic mass is 19.4. The number of halogens is 3. The zero-order chi connectivity index (χ0) is 19.8. The standard InChI is InChI=1S/C18H17F3N2O4/c1-17(2,25)10-23-15-8-7-13(9-14(15)22-16(23)24)26-11-3-5-12(6-4-11)27-18(19,20)21/h3-9,25H,10H2,1-2H3,(H,22,24). The van der Waals surface area contributed by atoms with E-state index in [2.05, 4.69) is 9.72 Å². The Hall–Kier alpha value is -2.94. The van der Waals surface area contributed by atoms with Crippen LogP contribution in [0.4, 0.5) is 13.2 Å². The first kappa shape index (κ1) is 18.8. The number of fused-ring (bicyclic) bond motifs is 1. The summed E-state index contributed by atoms with van der Waals surface area (Å²) in [6, 6.07) is 9.84. The summed E-state index contributed by atoms with van der Waals surface area (Å²) < 4.78 is 47.3. The summed E-state index contributed by atoms with van der Waals surface area (Å²) in [5.74, 6) is 0.351. The van der Waals surface area contributed by atoms with Gasteiger partial charge >= 0.3 is 12.1 Å². The number of nitrogens with zero attached hydrogens (tertiary/aromatic N) is 1. The van der Waals surface area contributed by atoms with Crippen molar-refractivity contribution in [3.05, 3.63) is 52.9 Å². The number of nitrogens with one attached hydrogen (secondary N) is 1. The summed E-state index contributed by atoms with van der Waals surface area (Å²) >= 11 is 0. The molecule has 0 radical (unpaired) electrons. The van der Waals surface area contributed by atoms with Crippen LogP contribution in [0.3, 0.4) is 0 Å². The van der Waals surface area contributed by atoms with E-state index >= 15 is 0 Å². The van der Waals surface area contributed by atoms with Gasteiger partial charge in [-0.25, -0.2) is 4.79 Å². The van der Waals surface area contributed by atoms with E-state index in [1.807, 2.05) is 0 Å². The molecule has 27 heavy (non-hydrogen) atoms. The van der Waals surface area contributed by atoms with Gasteiger partial charge in [-0.05, 0) is 50.2 Å². The summed E-state index contributed by atoms with van der Waals surface area (Å²) in [7, 11) is 0. The van der Waals surface area contributed by atoms with Crippen LogP contribution in [-0.4, -0.2) is 26.6 Å². The summed E-state index contributed by atoms with van der Waals surface area (Å²) in [5.41, 5.74) is -0.311. The smallest absolute Gasteiger partial charge is 0.457 e. The third kappa shape index (κ3) is 4.82. The molecule has 2 aromatic carbocycles. The van der Waals surface area contributed by atoms with E-state index in [1.54, 1.807) is 32.0 Å². The summed E-state index contributed by atoms with van der Waals surface area (Å²) in [6.45, 7) is 3.32. The van der Waals surface area contributed by atoms with Crippen molar-refractivity contribution >= 4 is 11.0 Å². The average Bonchev–Trinajstić information content (AvgIpc) is 2.81. The quantitative estimate of drug-likeness (QED) is 0.704. The van der Waals surface area contributed by atoms with Gasteiger partial charge in [0.25, 0.3) is 0 Å². The van der Waals surface area contributed by atoms with Gasteiger partial charge in [-0.1, -0.05) is 0 Å². The number of aliphatic hydroxyl groups is 1. The Morgan fingerprint density at radius 3 is 2.22 bits per heavy atom. The van der Waals surface area contributed by atoms with Crippen molar-refractivity contribution in [2.24, 2.45) is 0 Å². The number of imidazole rings is 1. The van der Waals surface area contributed by atoms with E-state index < -0.39 is 12.0 Å². The number of benzene rings is 2. The molecule has 9 heteroatoms. The predicted molar refractivity (Wildman–Crippen MR) is 92.1 cm³/mol. The van der Waals surface area contributed by atoms with Crippen molar-refractivity contribution in [3.8, 4) is 17.2 Å². The van der Waals surface area contributed by atoms with Crippen LogP contribution < -0.4 is 15.2 Å². The molecule has 0 aliphatic rings. The Morgan fingerprint density at radius 1 is 1.04 bits per heavy atom. The zero-order valence-electron chi connectivity index (χ0n) is 14.5. The minimum atomic E-state index is -4.75. The van der Waals surface area contributed by atoms with Gasteiger partial charge in [0.1, 0.15) is 17.2 Å². The maximum absolute atomic E-state index is 12.2. The van der Waals surface area contributed by atoms with E-state index in [0.717, 1.165) is 12.1 Å². The SMILES string of the molecule is CC(C)(O)Cn1c(=O)[nH]c2cc(Oc3ccc(OC(F)(F)F)cc3)ccc21. The minimum Gasteiger partial charge on any atom is -0.457 e. The van der Waals surface area contributed by atoms with E-state index in [9.17, 15) is 23.1 Å². The second-order valence-electron chi connectivity index (χ2n) is 6.63. The number of aromatic amines is 1. The van der Waals surface area contributed by atoms with Crippen molar-refractivity contribution in [2.45, 2.75) is 32.4 Å². The normalized spacial score (nSPS) is 12.4. The molecule has 0 aliphatic heterocycles. The minimum absolute atomic E-state index is 0.118. The lowest BCUT2D eigenvalue weighted by Gasteiger charge is -2.17. The topological polar surface area (TPSA) is 76.5 Å². The van der Waals surface area contributed by atoms with Crippen molar-refractivity contribution < 1.29 is 27.8 Å². The van der Waals surface area contributed by atoms with Crippen molar-refractivity contribution in [1.29, 1.82) is 0 Å². The molecule has 0 amide bonds. The van der Waals surface area contributed by atoms with Crippen LogP contribution >= 0.6 is 0 Å². The Labute approximate surface area is 151 Å². The molecule has 1 aromatic heterocycles. The fourth-order valence-electron chi connectivity index (χ4n) is 2.60. The van der Waals surface area contributed by atoms with Crippen LogP contribution in [0.5, 0.6) is 17.2 Å². The second kappa shape index (κ2) is 6.66. The number of hydrogen-bond donors (Lipinski definition) is 2. The molecule has 0 saturated carbocycles. The fraction of sp³-hybridized carbons (Fsp3) is 0.278. The largest absolute Gasteiger partial charge is 0.573 e. The molecular formula is C18H17F3N2O4. The molecule has 0 spiro atoms. The van der Waals surface area contributed by atoms with Crippen LogP contribution in [0.2, 0.25) is 0 Å². The molecule has 3 rings (SSSR count). The van der Waals surface area contributed by atoms with Crippen molar-refractivity contribution in [3.63, 3.8) is 0 Å². The number of hydrogen-bond acceptors (Lipinski definition) is 4. The molecule has 0 atom stereocenters. The van der Waals surface area contributed by atoms with E-state index in [-0.39, 0.29) is 18.0 Å². The van der Waals surface area contributed by atoms with Gasteiger partial charge in [0.2, 0.25) is 0 Å². The number of H-pyrrole nitrogens is 1. The van der Waals surface area contributed by atoms with Gasteiger partial charge in [0, 0.05) is 6.07 Å². The molecule has 6 nitrogen and oxygen atoms in total. The number of alkyl halides is 3. The number of ether oxygens (including phenoxy) is 2. The Balaban J connectivity index is 1.81. The first-order valence-electron chi connectivity index (χ1n) is 7.99. The molecule has 0 aliphatic carbocycles. The first-order chi connectivity index (χ1) is 12.5. The second-order valence-corrected chi connectivity index (χ2v) is 6.63. The van der Waals surface area contributed by atoms with Crippen molar-refractivity contribution in [1.82, 2.24) is 9.55 Å². The molecule has 0 bridgehead atoms. The Bertz CT molecular complexity index is 999. The maximum Gasteiger partial charge on any atom is 0.573 e. The van der Waals surface area contributed by atoms with Crippen LogP contribution in [0.1, 0.15) is 13.8 Å². The van der Waals surface area contributed by atoms with E-state index in [0.29, 0.717) is 22.5 Å². The third-order valence-corrected chi connectivity index (χ3v) is 3.58. The maximum atomic E-state index is 12.2. The first-order valence-corrected chi connectivity index (χ1v) is 7.99. The van der Waals surface area contributed by atoms with Crippen LogP contribution in [0.15, 0.2) is 47.3 Å². The van der Waals surface area contributed by atoms with Gasteiger partial charge in [0.15, 0.2) is 0 Å². The fourth-order valence-corrected chi connectivity index (χ4v) is 2.60. The molecule has 144 valence electrons. The van der Waals surface area contributed by atoms with Crippen LogP contribution in [-0.2, 0) is 6.54 Å². The van der Waals surface area contributed by atoms with Gasteiger partial charge in [0.05, 0.1) is 23.2 Å².